The first-order valence-electron chi connectivity index (χ1n) is 11.4. The number of para-hydroxylation sites is 1. The minimum absolute atomic E-state index is 0.103. The number of methoxy groups -OCH3 is 2. The Hall–Kier alpha value is -4.64. The van der Waals surface area contributed by atoms with Crippen molar-refractivity contribution >= 4 is 29.9 Å². The van der Waals surface area contributed by atoms with Gasteiger partial charge in [0.15, 0.2) is 16.7 Å². The molecule has 0 aliphatic rings. The molecule has 11 heteroatoms. The Kier molecular flexibility index (Phi) is 8.73. The predicted molar refractivity (Wildman–Crippen MR) is 144 cm³/mol. The van der Waals surface area contributed by atoms with Crippen LogP contribution in [0.4, 0.5) is 0 Å². The zero-order valence-corrected chi connectivity index (χ0v) is 21.8. The van der Waals surface area contributed by atoms with Crippen LogP contribution in [-0.4, -0.2) is 52.8 Å². The molecule has 1 amide bonds. The number of hydrazone groups is 1. The molecule has 0 bridgehead atoms. The molecule has 0 aliphatic carbocycles. The minimum atomic E-state index is -0.532. The lowest BCUT2D eigenvalue weighted by atomic mass is 10.2. The molecule has 0 radical (unpaired) electrons. The van der Waals surface area contributed by atoms with E-state index in [-0.39, 0.29) is 17.4 Å². The van der Waals surface area contributed by atoms with Gasteiger partial charge in [0.1, 0.15) is 11.6 Å². The van der Waals surface area contributed by atoms with Crippen LogP contribution < -0.4 is 19.6 Å². The van der Waals surface area contributed by atoms with Gasteiger partial charge in [-0.25, -0.2) is 10.2 Å². The van der Waals surface area contributed by atoms with E-state index in [0.717, 1.165) is 11.5 Å². The molecule has 3 aromatic carbocycles. The quantitative estimate of drug-likeness (QED) is 0.107. The normalized spacial score (nSPS) is 10.8. The van der Waals surface area contributed by atoms with Crippen molar-refractivity contribution in [1.82, 2.24) is 20.2 Å². The number of hydrogen-bond donors (Lipinski definition) is 1. The maximum absolute atomic E-state index is 12.5. The Bertz CT molecular complexity index is 1440. The number of hydrogen-bond acceptors (Lipinski definition) is 9. The number of ether oxygens (including phenoxy) is 3. The number of nitrogens with one attached hydrogen (secondary N) is 1. The van der Waals surface area contributed by atoms with Gasteiger partial charge in [0.05, 0.1) is 31.8 Å². The summed E-state index contributed by atoms with van der Waals surface area (Å²) in [5.41, 5.74) is 4.43. The molecule has 194 valence electrons. The second kappa shape index (κ2) is 12.5. The third kappa shape index (κ3) is 6.56. The molecule has 4 rings (SSSR count). The first-order chi connectivity index (χ1) is 18.5. The summed E-state index contributed by atoms with van der Waals surface area (Å²) in [6.07, 6.45) is 1.47. The molecule has 1 heterocycles. The van der Waals surface area contributed by atoms with Gasteiger partial charge in [-0.3, -0.25) is 9.36 Å². The Morgan fingerprint density at radius 3 is 2.45 bits per heavy atom. The molecule has 4 aromatic rings. The number of esters is 1. The fourth-order valence-corrected chi connectivity index (χ4v) is 4.18. The van der Waals surface area contributed by atoms with Gasteiger partial charge in [-0.2, -0.15) is 5.10 Å². The summed E-state index contributed by atoms with van der Waals surface area (Å²) in [6, 6.07) is 21.2. The summed E-state index contributed by atoms with van der Waals surface area (Å²) in [5.74, 6) is 1.23. The average molecular weight is 532 g/mol. The lowest BCUT2D eigenvalue weighted by molar-refractivity contribution is -0.118. The van der Waals surface area contributed by atoms with Gasteiger partial charge < -0.3 is 14.2 Å². The smallest absolute Gasteiger partial charge is 0.343 e. The molecule has 0 saturated heterocycles. The Morgan fingerprint density at radius 2 is 1.74 bits per heavy atom. The summed E-state index contributed by atoms with van der Waals surface area (Å²) < 4.78 is 17.8. The van der Waals surface area contributed by atoms with E-state index < -0.39 is 5.97 Å². The Balaban J connectivity index is 1.33. The van der Waals surface area contributed by atoms with Gasteiger partial charge in [-0.15, -0.1) is 10.2 Å². The monoisotopic (exact) mass is 531 g/mol. The van der Waals surface area contributed by atoms with E-state index in [2.05, 4.69) is 20.7 Å². The van der Waals surface area contributed by atoms with Crippen LogP contribution in [0.25, 0.3) is 5.69 Å². The number of amides is 1. The van der Waals surface area contributed by atoms with Crippen molar-refractivity contribution in [1.29, 1.82) is 0 Å². The second-order valence-corrected chi connectivity index (χ2v) is 8.75. The fourth-order valence-electron chi connectivity index (χ4n) is 3.39. The van der Waals surface area contributed by atoms with Crippen molar-refractivity contribution in [3.05, 3.63) is 89.7 Å². The third-order valence-electron chi connectivity index (χ3n) is 5.26. The lowest BCUT2D eigenvalue weighted by Crippen LogP contribution is -2.20. The molecule has 1 aromatic heterocycles. The van der Waals surface area contributed by atoms with E-state index in [0.29, 0.717) is 27.8 Å². The molecule has 10 nitrogen and oxygen atoms in total. The number of carbonyl (C=O) groups excluding carboxylic acids is 2. The number of nitrogens with zero attached hydrogens (tertiary/aromatic N) is 4. The van der Waals surface area contributed by atoms with E-state index in [9.17, 15) is 9.59 Å². The number of carbonyl (C=O) groups is 2. The first kappa shape index (κ1) is 26.4. The average Bonchev–Trinajstić information content (AvgIpc) is 3.33. The van der Waals surface area contributed by atoms with Crippen LogP contribution in [0.5, 0.6) is 17.2 Å². The summed E-state index contributed by atoms with van der Waals surface area (Å²) >= 11 is 1.26. The number of benzene rings is 3. The van der Waals surface area contributed by atoms with Crippen molar-refractivity contribution < 1.29 is 23.8 Å². The number of aryl methyl sites for hydroxylation is 1. The van der Waals surface area contributed by atoms with Crippen LogP contribution >= 0.6 is 11.8 Å². The van der Waals surface area contributed by atoms with Crippen LogP contribution in [0.2, 0.25) is 0 Å². The van der Waals surface area contributed by atoms with E-state index in [1.165, 1.54) is 25.1 Å². The van der Waals surface area contributed by atoms with Gasteiger partial charge in [-0.1, -0.05) is 30.0 Å². The fraction of sp³-hybridized carbons (Fsp3) is 0.148. The minimum Gasteiger partial charge on any atom is -0.497 e. The van der Waals surface area contributed by atoms with Gasteiger partial charge >= 0.3 is 5.97 Å². The van der Waals surface area contributed by atoms with Crippen LogP contribution in [0.15, 0.2) is 83.1 Å². The van der Waals surface area contributed by atoms with Crippen molar-refractivity contribution in [2.24, 2.45) is 5.10 Å². The molecule has 0 aliphatic heterocycles. The Morgan fingerprint density at radius 1 is 0.974 bits per heavy atom. The van der Waals surface area contributed by atoms with Crippen molar-refractivity contribution in [2.45, 2.75) is 12.1 Å². The van der Waals surface area contributed by atoms with E-state index in [1.54, 1.807) is 49.6 Å². The highest BCUT2D eigenvalue weighted by atomic mass is 32.2. The molecule has 38 heavy (non-hydrogen) atoms. The first-order valence-corrected chi connectivity index (χ1v) is 12.4. The lowest BCUT2D eigenvalue weighted by Gasteiger charge is -2.10. The van der Waals surface area contributed by atoms with Crippen LogP contribution in [0.1, 0.15) is 21.7 Å². The predicted octanol–water partition coefficient (Wildman–Crippen LogP) is 4.05. The zero-order chi connectivity index (χ0) is 26.9. The van der Waals surface area contributed by atoms with Crippen molar-refractivity contribution in [3.63, 3.8) is 0 Å². The molecule has 0 spiro atoms. The molecule has 0 atom stereocenters. The molecule has 0 unspecified atom stereocenters. The highest BCUT2D eigenvalue weighted by molar-refractivity contribution is 7.99. The summed E-state index contributed by atoms with van der Waals surface area (Å²) in [6.45, 7) is 1.86. The number of aromatic nitrogens is 3. The summed E-state index contributed by atoms with van der Waals surface area (Å²) in [7, 11) is 3.02. The maximum atomic E-state index is 12.5. The van der Waals surface area contributed by atoms with Gasteiger partial charge in [0, 0.05) is 5.69 Å². The van der Waals surface area contributed by atoms with Crippen LogP contribution in [-0.2, 0) is 4.79 Å². The van der Waals surface area contributed by atoms with Crippen molar-refractivity contribution in [3.8, 4) is 22.9 Å². The molecular weight excluding hydrogens is 506 g/mol. The third-order valence-corrected chi connectivity index (χ3v) is 6.19. The number of thioether (sulfide) groups is 1. The van der Waals surface area contributed by atoms with E-state index >= 15 is 0 Å². The second-order valence-electron chi connectivity index (χ2n) is 7.81. The zero-order valence-electron chi connectivity index (χ0n) is 21.0. The largest absolute Gasteiger partial charge is 0.497 e. The van der Waals surface area contributed by atoms with Crippen molar-refractivity contribution in [2.75, 3.05) is 20.0 Å². The van der Waals surface area contributed by atoms with E-state index in [1.807, 2.05) is 41.8 Å². The SMILES string of the molecule is COc1ccc(C(=O)Oc2ccc(/C=N/NC(=O)CSc3nnc(C)n3-c3ccccc3)cc2OC)cc1. The van der Waals surface area contributed by atoms with Gasteiger partial charge in [-0.05, 0) is 67.1 Å². The standard InChI is InChI=1S/C27H25N5O5S/c1-18-29-31-27(32(18)21-7-5-4-6-8-21)38-17-25(33)30-28-16-19-9-14-23(24(15-19)36-3)37-26(34)20-10-12-22(35-2)13-11-20/h4-16H,17H2,1-3H3,(H,30,33)/b28-16+. The topological polar surface area (TPSA) is 117 Å². The van der Waals surface area contributed by atoms with Crippen LogP contribution in [0.3, 0.4) is 0 Å². The highest BCUT2D eigenvalue weighted by Crippen LogP contribution is 2.28. The maximum Gasteiger partial charge on any atom is 0.343 e. The van der Waals surface area contributed by atoms with Gasteiger partial charge in [0.2, 0.25) is 0 Å². The number of rotatable bonds is 10. The molecule has 1 N–H and O–H groups in total. The highest BCUT2D eigenvalue weighted by Gasteiger charge is 2.14. The Labute approximate surface area is 223 Å². The summed E-state index contributed by atoms with van der Waals surface area (Å²) in [5, 5.41) is 12.9. The summed E-state index contributed by atoms with van der Waals surface area (Å²) in [4.78, 5) is 24.8. The molecular formula is C27H25N5O5S. The molecule has 0 saturated carbocycles. The van der Waals surface area contributed by atoms with E-state index in [4.69, 9.17) is 14.2 Å². The van der Waals surface area contributed by atoms with Gasteiger partial charge in [0.25, 0.3) is 5.91 Å². The van der Waals surface area contributed by atoms with Crippen LogP contribution in [0, 0.1) is 6.92 Å². The molecule has 0 fully saturated rings.